The first kappa shape index (κ1) is 11.8. The van der Waals surface area contributed by atoms with Crippen LogP contribution < -0.4 is 0 Å². The van der Waals surface area contributed by atoms with Gasteiger partial charge in [0.25, 0.3) is 0 Å². The Bertz CT molecular complexity index is 342. The van der Waals surface area contributed by atoms with E-state index in [0.29, 0.717) is 5.56 Å². The van der Waals surface area contributed by atoms with Crippen molar-refractivity contribution >= 4 is 34.0 Å². The first-order valence-electron chi connectivity index (χ1n) is 4.36. The van der Waals surface area contributed by atoms with Gasteiger partial charge in [-0.15, -0.1) is 11.8 Å². The Labute approximate surface area is 97.4 Å². The Morgan fingerprint density at radius 1 is 1.36 bits per heavy atom. The summed E-state index contributed by atoms with van der Waals surface area (Å²) in [7, 11) is 0. The highest BCUT2D eigenvalue weighted by atomic mass is 79.9. The fourth-order valence-corrected chi connectivity index (χ4v) is 2.59. The van der Waals surface area contributed by atoms with Crippen LogP contribution in [0.3, 0.4) is 0 Å². The maximum Gasteiger partial charge on any atom is 0.150 e. The summed E-state index contributed by atoms with van der Waals surface area (Å²) in [4.78, 5) is 11.7. The third-order valence-electron chi connectivity index (χ3n) is 1.51. The van der Waals surface area contributed by atoms with Crippen molar-refractivity contribution in [2.24, 2.45) is 0 Å². The highest BCUT2D eigenvalue weighted by Crippen LogP contribution is 2.36. The topological polar surface area (TPSA) is 17.1 Å². The molecule has 0 amide bonds. The second kappa shape index (κ2) is 4.49. The number of carbonyl (C=O) groups is 1. The van der Waals surface area contributed by atoms with Crippen molar-refractivity contribution < 1.29 is 4.79 Å². The van der Waals surface area contributed by atoms with Crippen LogP contribution >= 0.6 is 27.7 Å². The van der Waals surface area contributed by atoms with Gasteiger partial charge in [-0.25, -0.2) is 0 Å². The molecule has 0 spiro atoms. The van der Waals surface area contributed by atoms with Gasteiger partial charge in [0.15, 0.2) is 0 Å². The van der Waals surface area contributed by atoms with Crippen molar-refractivity contribution in [3.8, 4) is 0 Å². The third-order valence-corrected chi connectivity index (χ3v) is 3.61. The predicted molar refractivity (Wildman–Crippen MR) is 65.1 cm³/mol. The molecule has 0 radical (unpaired) electrons. The van der Waals surface area contributed by atoms with Crippen molar-refractivity contribution in [3.05, 3.63) is 28.2 Å². The van der Waals surface area contributed by atoms with Crippen LogP contribution in [0.5, 0.6) is 0 Å². The van der Waals surface area contributed by atoms with E-state index in [4.69, 9.17) is 0 Å². The average molecular weight is 273 g/mol. The lowest BCUT2D eigenvalue weighted by molar-refractivity contribution is 0.112. The van der Waals surface area contributed by atoms with E-state index in [2.05, 4.69) is 36.7 Å². The molecule has 0 aliphatic carbocycles. The van der Waals surface area contributed by atoms with Crippen LogP contribution in [0.1, 0.15) is 31.1 Å². The number of carbonyl (C=O) groups excluding carboxylic acids is 1. The molecule has 0 aliphatic heterocycles. The Hall–Kier alpha value is -0.280. The zero-order valence-electron chi connectivity index (χ0n) is 8.50. The van der Waals surface area contributed by atoms with Crippen molar-refractivity contribution in [1.29, 1.82) is 0 Å². The van der Waals surface area contributed by atoms with Gasteiger partial charge < -0.3 is 0 Å². The summed E-state index contributed by atoms with van der Waals surface area (Å²) in [5.74, 6) is 0. The van der Waals surface area contributed by atoms with Crippen LogP contribution in [0.15, 0.2) is 27.6 Å². The van der Waals surface area contributed by atoms with Gasteiger partial charge in [-0.3, -0.25) is 4.79 Å². The number of benzene rings is 1. The summed E-state index contributed by atoms with van der Waals surface area (Å²) in [6, 6.07) is 5.66. The Balaban J connectivity index is 2.95. The molecule has 0 heterocycles. The van der Waals surface area contributed by atoms with Crippen molar-refractivity contribution in [1.82, 2.24) is 0 Å². The summed E-state index contributed by atoms with van der Waals surface area (Å²) in [5.41, 5.74) is 0.704. The van der Waals surface area contributed by atoms with Crippen LogP contribution in [0, 0.1) is 0 Å². The van der Waals surface area contributed by atoms with E-state index in [1.165, 1.54) is 4.90 Å². The zero-order chi connectivity index (χ0) is 10.8. The van der Waals surface area contributed by atoms with Crippen LogP contribution in [0.2, 0.25) is 0 Å². The first-order valence-corrected chi connectivity index (χ1v) is 5.97. The second-order valence-electron chi connectivity index (χ2n) is 4.02. The van der Waals surface area contributed by atoms with Crippen LogP contribution in [-0.4, -0.2) is 11.0 Å². The van der Waals surface area contributed by atoms with E-state index in [9.17, 15) is 4.79 Å². The minimum Gasteiger partial charge on any atom is -0.298 e. The first-order chi connectivity index (χ1) is 6.42. The van der Waals surface area contributed by atoms with Crippen molar-refractivity contribution in [2.75, 3.05) is 0 Å². The maximum atomic E-state index is 10.5. The Morgan fingerprint density at radius 3 is 2.43 bits per heavy atom. The second-order valence-corrected chi connectivity index (χ2v) is 6.75. The number of thioether (sulfide) groups is 1. The molecule has 0 N–H and O–H groups in total. The molecule has 1 aromatic rings. The van der Waals surface area contributed by atoms with Gasteiger partial charge >= 0.3 is 0 Å². The molecule has 0 aliphatic rings. The van der Waals surface area contributed by atoms with E-state index in [1.807, 2.05) is 18.2 Å². The average Bonchev–Trinajstić information content (AvgIpc) is 2.06. The normalized spacial score (nSPS) is 11.4. The number of hydrogen-bond acceptors (Lipinski definition) is 2. The molecule has 1 nitrogen and oxygen atoms in total. The fraction of sp³-hybridized carbons (Fsp3) is 0.364. The molecule has 0 fully saturated rings. The van der Waals surface area contributed by atoms with E-state index < -0.39 is 0 Å². The SMILES string of the molecule is CC(C)(C)Sc1ccc(C=O)cc1Br. The lowest BCUT2D eigenvalue weighted by Gasteiger charge is -2.18. The largest absolute Gasteiger partial charge is 0.298 e. The molecule has 76 valence electrons. The lowest BCUT2D eigenvalue weighted by atomic mass is 10.2. The summed E-state index contributed by atoms with van der Waals surface area (Å²) < 4.78 is 1.17. The highest BCUT2D eigenvalue weighted by Gasteiger charge is 2.14. The van der Waals surface area contributed by atoms with E-state index in [-0.39, 0.29) is 4.75 Å². The molecule has 1 aromatic carbocycles. The molecule has 0 unspecified atom stereocenters. The minimum absolute atomic E-state index is 0.186. The monoisotopic (exact) mass is 272 g/mol. The molecule has 1 rings (SSSR count). The van der Waals surface area contributed by atoms with Gasteiger partial charge in [0, 0.05) is 19.7 Å². The van der Waals surface area contributed by atoms with Gasteiger partial charge in [0.05, 0.1) is 0 Å². The van der Waals surface area contributed by atoms with Gasteiger partial charge in [-0.2, -0.15) is 0 Å². The summed E-state index contributed by atoms with van der Waals surface area (Å²) in [6.45, 7) is 6.49. The van der Waals surface area contributed by atoms with Crippen molar-refractivity contribution in [3.63, 3.8) is 0 Å². The number of hydrogen-bond donors (Lipinski definition) is 0. The van der Waals surface area contributed by atoms with Gasteiger partial charge in [-0.1, -0.05) is 26.8 Å². The number of aldehydes is 1. The van der Waals surface area contributed by atoms with E-state index >= 15 is 0 Å². The standard InChI is InChI=1S/C11H13BrOS/c1-11(2,3)14-10-5-4-8(7-13)6-9(10)12/h4-7H,1-3H3. The molecular formula is C11H13BrOS. The molecule has 14 heavy (non-hydrogen) atoms. The molecular weight excluding hydrogens is 260 g/mol. The molecule has 0 aromatic heterocycles. The van der Waals surface area contributed by atoms with Gasteiger partial charge in [-0.05, 0) is 28.1 Å². The maximum absolute atomic E-state index is 10.5. The summed E-state index contributed by atoms with van der Waals surface area (Å²) in [6.07, 6.45) is 0.857. The molecule has 0 bridgehead atoms. The summed E-state index contributed by atoms with van der Waals surface area (Å²) in [5, 5.41) is 0. The number of halogens is 1. The summed E-state index contributed by atoms with van der Waals surface area (Å²) >= 11 is 5.24. The predicted octanol–water partition coefficient (Wildman–Crippen LogP) is 4.15. The quantitative estimate of drug-likeness (QED) is 0.594. The fourth-order valence-electron chi connectivity index (χ4n) is 1.00. The van der Waals surface area contributed by atoms with Crippen LogP contribution in [0.4, 0.5) is 0 Å². The Kier molecular flexibility index (Phi) is 3.78. The Morgan fingerprint density at radius 2 is 2.00 bits per heavy atom. The molecule has 0 saturated carbocycles. The van der Waals surface area contributed by atoms with Gasteiger partial charge in [0.1, 0.15) is 6.29 Å². The van der Waals surface area contributed by atoms with Crippen LogP contribution in [-0.2, 0) is 0 Å². The molecule has 0 atom stereocenters. The third kappa shape index (κ3) is 3.46. The molecule has 0 saturated heterocycles. The number of rotatable bonds is 2. The van der Waals surface area contributed by atoms with E-state index in [0.717, 1.165) is 10.8 Å². The lowest BCUT2D eigenvalue weighted by Crippen LogP contribution is -2.06. The van der Waals surface area contributed by atoms with Crippen molar-refractivity contribution in [2.45, 2.75) is 30.4 Å². The van der Waals surface area contributed by atoms with Crippen LogP contribution in [0.25, 0.3) is 0 Å². The van der Waals surface area contributed by atoms with E-state index in [1.54, 1.807) is 11.8 Å². The smallest absolute Gasteiger partial charge is 0.150 e. The van der Waals surface area contributed by atoms with Gasteiger partial charge in [0.2, 0.25) is 0 Å². The highest BCUT2D eigenvalue weighted by molar-refractivity contribution is 9.10. The zero-order valence-corrected chi connectivity index (χ0v) is 10.9. The minimum atomic E-state index is 0.186. The molecule has 3 heteroatoms.